The van der Waals surface area contributed by atoms with Gasteiger partial charge in [-0.2, -0.15) is 11.3 Å². The van der Waals surface area contributed by atoms with E-state index in [4.69, 9.17) is 9.47 Å². The molecule has 1 saturated carbocycles. The Morgan fingerprint density at radius 3 is 3.21 bits per heavy atom. The Kier molecular flexibility index (Phi) is 3.86. The van der Waals surface area contributed by atoms with Crippen molar-refractivity contribution in [3.8, 4) is 0 Å². The quantitative estimate of drug-likeness (QED) is 0.846. The highest BCUT2D eigenvalue weighted by Crippen LogP contribution is 2.32. The maximum absolute atomic E-state index is 12.4. The van der Waals surface area contributed by atoms with Crippen LogP contribution in [0.2, 0.25) is 0 Å². The molecule has 3 atom stereocenters. The highest BCUT2D eigenvalue weighted by molar-refractivity contribution is 7.07. The van der Waals surface area contributed by atoms with E-state index in [2.05, 4.69) is 0 Å². The first-order valence-corrected chi connectivity index (χ1v) is 7.69. The summed E-state index contributed by atoms with van der Waals surface area (Å²) in [7, 11) is 1.72. The third-order valence-electron chi connectivity index (χ3n) is 4.09. The van der Waals surface area contributed by atoms with E-state index in [1.54, 1.807) is 18.4 Å². The van der Waals surface area contributed by atoms with Crippen LogP contribution >= 0.6 is 11.3 Å². The molecule has 4 nitrogen and oxygen atoms in total. The molecule has 1 aliphatic carbocycles. The first kappa shape index (κ1) is 13.1. The number of amides is 1. The fourth-order valence-electron chi connectivity index (χ4n) is 3.15. The molecule has 1 saturated heterocycles. The van der Waals surface area contributed by atoms with Crippen molar-refractivity contribution < 1.29 is 14.3 Å². The van der Waals surface area contributed by atoms with Crippen molar-refractivity contribution in [2.75, 3.05) is 20.3 Å². The second kappa shape index (κ2) is 5.61. The number of rotatable bonds is 3. The number of ether oxygens (including phenoxy) is 2. The molecule has 1 aromatic heterocycles. The smallest absolute Gasteiger partial charge is 0.227 e. The molecule has 5 heteroatoms. The molecule has 3 rings (SSSR count). The molecule has 19 heavy (non-hydrogen) atoms. The maximum atomic E-state index is 12.4. The summed E-state index contributed by atoms with van der Waals surface area (Å²) in [5.74, 6) is 0.216. The van der Waals surface area contributed by atoms with Crippen LogP contribution in [0.4, 0.5) is 0 Å². The zero-order chi connectivity index (χ0) is 13.2. The zero-order valence-electron chi connectivity index (χ0n) is 11.1. The minimum atomic E-state index is 0.0603. The topological polar surface area (TPSA) is 38.8 Å². The van der Waals surface area contributed by atoms with E-state index in [-0.39, 0.29) is 24.2 Å². The Morgan fingerprint density at radius 2 is 2.47 bits per heavy atom. The van der Waals surface area contributed by atoms with E-state index in [0.717, 1.165) is 18.4 Å². The van der Waals surface area contributed by atoms with Crippen LogP contribution in [0.5, 0.6) is 0 Å². The summed E-state index contributed by atoms with van der Waals surface area (Å²) >= 11 is 1.64. The van der Waals surface area contributed by atoms with Crippen LogP contribution in [0.15, 0.2) is 16.8 Å². The number of carbonyl (C=O) groups excluding carboxylic acids is 1. The fourth-order valence-corrected chi connectivity index (χ4v) is 3.82. The second-order valence-electron chi connectivity index (χ2n) is 5.15. The van der Waals surface area contributed by atoms with E-state index in [0.29, 0.717) is 19.6 Å². The average molecular weight is 281 g/mol. The van der Waals surface area contributed by atoms with Crippen molar-refractivity contribution in [3.63, 3.8) is 0 Å². The largest absolute Gasteiger partial charge is 0.379 e. The number of hydrogen-bond donors (Lipinski definition) is 0. The van der Waals surface area contributed by atoms with Gasteiger partial charge in [0.25, 0.3) is 0 Å². The lowest BCUT2D eigenvalue weighted by molar-refractivity contribution is -0.149. The zero-order valence-corrected chi connectivity index (χ0v) is 11.9. The summed E-state index contributed by atoms with van der Waals surface area (Å²) in [4.78, 5) is 14.4. The van der Waals surface area contributed by atoms with Gasteiger partial charge >= 0.3 is 0 Å². The summed E-state index contributed by atoms with van der Waals surface area (Å²) < 4.78 is 11.3. The van der Waals surface area contributed by atoms with Crippen LogP contribution in [-0.2, 0) is 20.7 Å². The van der Waals surface area contributed by atoms with Crippen molar-refractivity contribution in [2.45, 2.75) is 37.5 Å². The molecule has 1 aromatic rings. The third-order valence-corrected chi connectivity index (χ3v) is 4.83. The van der Waals surface area contributed by atoms with Gasteiger partial charge in [-0.15, -0.1) is 0 Å². The Labute approximate surface area is 117 Å². The molecule has 2 heterocycles. The fraction of sp³-hybridized carbons (Fsp3) is 0.643. The number of methoxy groups -OCH3 is 1. The molecule has 2 aliphatic rings. The molecule has 0 bridgehead atoms. The van der Waals surface area contributed by atoms with Crippen LogP contribution in [0.25, 0.3) is 0 Å². The summed E-state index contributed by atoms with van der Waals surface area (Å²) in [6.45, 7) is 1.33. The van der Waals surface area contributed by atoms with E-state index < -0.39 is 0 Å². The van der Waals surface area contributed by atoms with Gasteiger partial charge in [0.1, 0.15) is 6.10 Å². The Bertz CT molecular complexity index is 434. The molecular formula is C14H19NO3S. The van der Waals surface area contributed by atoms with Gasteiger partial charge in [0, 0.05) is 13.7 Å². The van der Waals surface area contributed by atoms with Gasteiger partial charge in [-0.05, 0) is 35.2 Å². The van der Waals surface area contributed by atoms with E-state index >= 15 is 0 Å². The van der Waals surface area contributed by atoms with Gasteiger partial charge in [-0.1, -0.05) is 0 Å². The molecule has 1 amide bonds. The molecular weight excluding hydrogens is 262 g/mol. The number of nitrogens with zero attached hydrogens (tertiary/aromatic N) is 1. The average Bonchev–Trinajstić information content (AvgIpc) is 3.06. The Morgan fingerprint density at radius 1 is 1.58 bits per heavy atom. The van der Waals surface area contributed by atoms with Crippen molar-refractivity contribution in [1.82, 2.24) is 4.90 Å². The predicted octanol–water partition coefficient (Wildman–Crippen LogP) is 1.70. The molecule has 1 aliphatic heterocycles. The van der Waals surface area contributed by atoms with Gasteiger partial charge in [0.2, 0.25) is 5.91 Å². The minimum absolute atomic E-state index is 0.0603. The van der Waals surface area contributed by atoms with Crippen LogP contribution < -0.4 is 0 Å². The third kappa shape index (κ3) is 2.55. The van der Waals surface area contributed by atoms with Gasteiger partial charge in [0.15, 0.2) is 0 Å². The van der Waals surface area contributed by atoms with Gasteiger partial charge in [0.05, 0.1) is 25.2 Å². The Balaban J connectivity index is 1.68. The molecule has 0 unspecified atom stereocenters. The van der Waals surface area contributed by atoms with Crippen LogP contribution in [0, 0.1) is 0 Å². The highest BCUT2D eigenvalue weighted by atomic mass is 32.1. The van der Waals surface area contributed by atoms with Crippen LogP contribution in [0.3, 0.4) is 0 Å². The Hall–Kier alpha value is -0.910. The normalized spacial score (nSPS) is 30.4. The van der Waals surface area contributed by atoms with E-state index in [1.807, 2.05) is 21.7 Å². The van der Waals surface area contributed by atoms with Gasteiger partial charge in [-0.25, -0.2) is 0 Å². The van der Waals surface area contributed by atoms with Crippen molar-refractivity contribution in [3.05, 3.63) is 22.4 Å². The lowest BCUT2D eigenvalue weighted by atomic mass is 10.1. The molecule has 0 N–H and O–H groups in total. The molecule has 2 fully saturated rings. The van der Waals surface area contributed by atoms with Crippen LogP contribution in [0.1, 0.15) is 18.4 Å². The summed E-state index contributed by atoms with van der Waals surface area (Å²) in [6.07, 6.45) is 2.67. The number of thiophene rings is 1. The molecule has 0 spiro atoms. The molecule has 0 radical (unpaired) electrons. The molecule has 104 valence electrons. The number of carbonyl (C=O) groups is 1. The summed E-state index contributed by atoms with van der Waals surface area (Å²) in [5, 5.41) is 4.06. The predicted molar refractivity (Wildman–Crippen MR) is 73.3 cm³/mol. The van der Waals surface area contributed by atoms with Gasteiger partial charge in [-0.3, -0.25) is 4.79 Å². The second-order valence-corrected chi connectivity index (χ2v) is 5.93. The lowest BCUT2D eigenvalue weighted by Gasteiger charge is -2.39. The highest BCUT2D eigenvalue weighted by Gasteiger charge is 2.44. The lowest BCUT2D eigenvalue weighted by Crippen LogP contribution is -2.54. The summed E-state index contributed by atoms with van der Waals surface area (Å²) in [5.41, 5.74) is 1.11. The standard InChI is InChI=1S/C14H19NO3S/c1-17-12-3-2-11-14(12)18-6-5-15(11)13(16)8-10-4-7-19-9-10/h4,7,9,11-12,14H,2-3,5-6,8H2,1H3/t11-,12+,14+/m0/s1. The number of fused-ring (bicyclic) bond motifs is 1. The van der Waals surface area contributed by atoms with Gasteiger partial charge < -0.3 is 14.4 Å². The maximum Gasteiger partial charge on any atom is 0.227 e. The molecule has 0 aromatic carbocycles. The first-order valence-electron chi connectivity index (χ1n) is 6.74. The van der Waals surface area contributed by atoms with Crippen LogP contribution in [-0.4, -0.2) is 49.3 Å². The van der Waals surface area contributed by atoms with E-state index in [1.165, 1.54) is 0 Å². The van der Waals surface area contributed by atoms with Crippen molar-refractivity contribution in [1.29, 1.82) is 0 Å². The number of morpholine rings is 1. The SMILES string of the molecule is CO[C@@H]1CC[C@H]2[C@H]1OCCN2C(=O)Cc1ccsc1. The number of hydrogen-bond acceptors (Lipinski definition) is 4. The van der Waals surface area contributed by atoms with Crippen molar-refractivity contribution in [2.24, 2.45) is 0 Å². The van der Waals surface area contributed by atoms with E-state index in [9.17, 15) is 4.79 Å². The monoisotopic (exact) mass is 281 g/mol. The summed E-state index contributed by atoms with van der Waals surface area (Å²) in [6, 6.07) is 2.22. The van der Waals surface area contributed by atoms with Crippen molar-refractivity contribution >= 4 is 17.2 Å². The first-order chi connectivity index (χ1) is 9.29. The minimum Gasteiger partial charge on any atom is -0.379 e.